The Morgan fingerprint density at radius 2 is 1.66 bits per heavy atom. The predicted molar refractivity (Wildman–Crippen MR) is 104 cm³/mol. The van der Waals surface area contributed by atoms with Gasteiger partial charge < -0.3 is 9.47 Å². The van der Waals surface area contributed by atoms with Gasteiger partial charge in [-0.3, -0.25) is 28.8 Å². The number of carbonyl (C=O) groups is 3. The highest BCUT2D eigenvalue weighted by molar-refractivity contribution is 6.05. The lowest BCUT2D eigenvalue weighted by Gasteiger charge is -2.07. The van der Waals surface area contributed by atoms with Gasteiger partial charge in [-0.15, -0.1) is 0 Å². The van der Waals surface area contributed by atoms with Crippen molar-refractivity contribution in [1.82, 2.24) is 14.5 Å². The standard InChI is InChI=1S/C20H19N3O6/c1-22-15-5-3-4-6-16(15)23(20(22)27)11-18(25)29-12-17(24)21-19(26)13-7-9-14(28-2)10-8-13/h3-10H,11-12H2,1-2H3,(H,21,24,26). The number of benzene rings is 2. The number of aryl methyl sites for hydroxylation is 1. The molecule has 1 N–H and O–H groups in total. The van der Waals surface area contributed by atoms with Crippen LogP contribution in [0.2, 0.25) is 0 Å². The van der Waals surface area contributed by atoms with Crippen LogP contribution in [0.3, 0.4) is 0 Å². The largest absolute Gasteiger partial charge is 0.497 e. The van der Waals surface area contributed by atoms with E-state index in [1.807, 2.05) is 0 Å². The number of nitrogens with zero attached hydrogens (tertiary/aromatic N) is 2. The molecule has 9 nitrogen and oxygen atoms in total. The number of aromatic nitrogens is 2. The van der Waals surface area contributed by atoms with Gasteiger partial charge in [0.2, 0.25) is 0 Å². The fourth-order valence-electron chi connectivity index (χ4n) is 2.81. The molecule has 0 spiro atoms. The predicted octanol–water partition coefficient (Wildman–Crippen LogP) is 0.848. The van der Waals surface area contributed by atoms with Crippen molar-refractivity contribution in [3.8, 4) is 5.75 Å². The first-order valence-corrected chi connectivity index (χ1v) is 8.69. The number of fused-ring (bicyclic) bond motifs is 1. The molecule has 150 valence electrons. The number of ether oxygens (including phenoxy) is 2. The molecule has 1 heterocycles. The molecule has 3 aromatic rings. The zero-order valence-electron chi connectivity index (χ0n) is 15.9. The van der Waals surface area contributed by atoms with E-state index < -0.39 is 24.4 Å². The van der Waals surface area contributed by atoms with Crippen molar-refractivity contribution in [3.05, 3.63) is 64.6 Å². The molecular weight excluding hydrogens is 378 g/mol. The van der Waals surface area contributed by atoms with Crippen LogP contribution in [0, 0.1) is 0 Å². The molecule has 0 aliphatic rings. The average molecular weight is 397 g/mol. The molecule has 3 rings (SSSR count). The minimum atomic E-state index is -0.774. The second kappa shape index (κ2) is 8.42. The Labute approximate surface area is 165 Å². The van der Waals surface area contributed by atoms with Crippen LogP contribution >= 0.6 is 0 Å². The van der Waals surface area contributed by atoms with Crippen molar-refractivity contribution >= 4 is 28.8 Å². The number of hydrogen-bond acceptors (Lipinski definition) is 6. The van der Waals surface area contributed by atoms with E-state index in [9.17, 15) is 19.2 Å². The van der Waals surface area contributed by atoms with Crippen LogP contribution in [0.4, 0.5) is 0 Å². The first kappa shape index (κ1) is 19.9. The van der Waals surface area contributed by atoms with E-state index >= 15 is 0 Å². The van der Waals surface area contributed by atoms with Crippen LogP contribution in [0.25, 0.3) is 11.0 Å². The van der Waals surface area contributed by atoms with Gasteiger partial charge >= 0.3 is 11.7 Å². The van der Waals surface area contributed by atoms with Crippen LogP contribution in [-0.4, -0.2) is 40.6 Å². The topological polar surface area (TPSA) is 109 Å². The van der Waals surface area contributed by atoms with Crippen molar-refractivity contribution in [2.75, 3.05) is 13.7 Å². The van der Waals surface area contributed by atoms with Gasteiger partial charge in [0.25, 0.3) is 11.8 Å². The molecule has 1 aromatic heterocycles. The number of amides is 2. The molecule has 0 saturated carbocycles. The normalized spacial score (nSPS) is 10.6. The van der Waals surface area contributed by atoms with Gasteiger partial charge in [-0.2, -0.15) is 0 Å². The molecule has 29 heavy (non-hydrogen) atoms. The molecule has 0 bridgehead atoms. The van der Waals surface area contributed by atoms with Crippen molar-refractivity contribution in [3.63, 3.8) is 0 Å². The van der Waals surface area contributed by atoms with E-state index in [0.717, 1.165) is 0 Å². The molecule has 2 aromatic carbocycles. The zero-order valence-corrected chi connectivity index (χ0v) is 15.9. The van der Waals surface area contributed by atoms with E-state index in [-0.39, 0.29) is 17.8 Å². The second-order valence-electron chi connectivity index (χ2n) is 6.18. The smallest absolute Gasteiger partial charge is 0.329 e. The van der Waals surface area contributed by atoms with Gasteiger partial charge in [-0.25, -0.2) is 4.79 Å². The lowest BCUT2D eigenvalue weighted by molar-refractivity contribution is -0.148. The van der Waals surface area contributed by atoms with Crippen molar-refractivity contribution in [2.45, 2.75) is 6.54 Å². The third-order valence-corrected chi connectivity index (χ3v) is 4.31. The van der Waals surface area contributed by atoms with E-state index in [0.29, 0.717) is 16.8 Å². The fraction of sp³-hybridized carbons (Fsp3) is 0.200. The Kier molecular flexibility index (Phi) is 5.77. The monoisotopic (exact) mass is 397 g/mol. The summed E-state index contributed by atoms with van der Waals surface area (Å²) in [5.74, 6) is -1.59. The number of methoxy groups -OCH3 is 1. The Morgan fingerprint density at radius 3 is 2.31 bits per heavy atom. The highest BCUT2D eigenvalue weighted by atomic mass is 16.5. The Balaban J connectivity index is 1.57. The summed E-state index contributed by atoms with van der Waals surface area (Å²) < 4.78 is 12.6. The number of esters is 1. The van der Waals surface area contributed by atoms with Crippen molar-refractivity contribution in [1.29, 1.82) is 0 Å². The third-order valence-electron chi connectivity index (χ3n) is 4.31. The molecule has 0 aliphatic carbocycles. The van der Waals surface area contributed by atoms with Crippen LogP contribution in [-0.2, 0) is 27.9 Å². The molecule has 0 aliphatic heterocycles. The molecular formula is C20H19N3O6. The minimum absolute atomic E-state index is 0.257. The van der Waals surface area contributed by atoms with Crippen LogP contribution < -0.4 is 15.7 Å². The first-order chi connectivity index (χ1) is 13.9. The quantitative estimate of drug-likeness (QED) is 0.618. The van der Waals surface area contributed by atoms with Gasteiger partial charge in [0.05, 0.1) is 18.1 Å². The molecule has 0 fully saturated rings. The highest BCUT2D eigenvalue weighted by Gasteiger charge is 2.16. The van der Waals surface area contributed by atoms with E-state index in [1.54, 1.807) is 43.4 Å². The number of nitrogens with one attached hydrogen (secondary N) is 1. The Morgan fingerprint density at radius 1 is 1.00 bits per heavy atom. The first-order valence-electron chi connectivity index (χ1n) is 8.69. The lowest BCUT2D eigenvalue weighted by atomic mass is 10.2. The maximum absolute atomic E-state index is 12.3. The Hall–Kier alpha value is -3.88. The van der Waals surface area contributed by atoms with Crippen LogP contribution in [0.1, 0.15) is 10.4 Å². The van der Waals surface area contributed by atoms with Crippen molar-refractivity contribution in [2.24, 2.45) is 7.05 Å². The molecule has 0 atom stereocenters. The number of carbonyl (C=O) groups excluding carboxylic acids is 3. The summed E-state index contributed by atoms with van der Waals surface area (Å²) in [6.45, 7) is -0.986. The fourth-order valence-corrected chi connectivity index (χ4v) is 2.81. The number of rotatable bonds is 6. The maximum Gasteiger partial charge on any atom is 0.329 e. The average Bonchev–Trinajstić information content (AvgIpc) is 2.97. The van der Waals surface area contributed by atoms with E-state index in [2.05, 4.69) is 5.32 Å². The number of para-hydroxylation sites is 2. The molecule has 0 unspecified atom stereocenters. The van der Waals surface area contributed by atoms with Gasteiger partial charge in [-0.05, 0) is 36.4 Å². The number of hydrogen-bond donors (Lipinski definition) is 1. The van der Waals surface area contributed by atoms with Gasteiger partial charge in [0.1, 0.15) is 12.3 Å². The summed E-state index contributed by atoms with van der Waals surface area (Å²) in [5.41, 5.74) is 1.14. The summed E-state index contributed by atoms with van der Waals surface area (Å²) in [6.07, 6.45) is 0. The highest BCUT2D eigenvalue weighted by Crippen LogP contribution is 2.12. The third kappa shape index (κ3) is 4.34. The SMILES string of the molecule is COc1ccc(C(=O)NC(=O)COC(=O)Cn2c(=O)n(C)c3ccccc32)cc1. The van der Waals surface area contributed by atoms with Crippen molar-refractivity contribution < 1.29 is 23.9 Å². The molecule has 2 amide bonds. The summed E-state index contributed by atoms with van der Waals surface area (Å²) in [6, 6.07) is 13.2. The summed E-state index contributed by atoms with van der Waals surface area (Å²) in [7, 11) is 3.10. The summed E-state index contributed by atoms with van der Waals surface area (Å²) >= 11 is 0. The van der Waals surface area contributed by atoms with Gasteiger partial charge in [-0.1, -0.05) is 12.1 Å². The maximum atomic E-state index is 12.3. The molecule has 0 radical (unpaired) electrons. The number of imidazole rings is 1. The molecule has 0 saturated heterocycles. The minimum Gasteiger partial charge on any atom is -0.497 e. The van der Waals surface area contributed by atoms with Crippen LogP contribution in [0.15, 0.2) is 53.3 Å². The van der Waals surface area contributed by atoms with Gasteiger partial charge in [0.15, 0.2) is 6.61 Å². The number of imide groups is 1. The second-order valence-corrected chi connectivity index (χ2v) is 6.18. The Bertz CT molecular complexity index is 1130. The summed E-state index contributed by atoms with van der Waals surface area (Å²) in [5, 5.41) is 2.13. The van der Waals surface area contributed by atoms with E-state index in [4.69, 9.17) is 9.47 Å². The van der Waals surface area contributed by atoms with Gasteiger partial charge in [0, 0.05) is 12.6 Å². The molecule has 9 heteroatoms. The lowest BCUT2D eigenvalue weighted by Crippen LogP contribution is -2.35. The zero-order chi connectivity index (χ0) is 21.0. The van der Waals surface area contributed by atoms with Crippen LogP contribution in [0.5, 0.6) is 5.75 Å². The summed E-state index contributed by atoms with van der Waals surface area (Å²) in [4.78, 5) is 48.3. The van der Waals surface area contributed by atoms with E-state index in [1.165, 1.54) is 28.4 Å².